The number of nitrogens with one attached hydrogen (secondary N) is 1. The van der Waals surface area contributed by atoms with E-state index in [1.165, 1.54) is 25.3 Å². The second-order valence-electron chi connectivity index (χ2n) is 6.76. The van der Waals surface area contributed by atoms with Gasteiger partial charge in [-0.1, -0.05) is 0 Å². The van der Waals surface area contributed by atoms with Crippen LogP contribution in [0.25, 0.3) is 10.9 Å². The number of rotatable bonds is 4. The summed E-state index contributed by atoms with van der Waals surface area (Å²) in [5.41, 5.74) is 1.38. The maximum Gasteiger partial charge on any atom is 0.409 e. The number of hydrogen-bond acceptors (Lipinski definition) is 5. The second-order valence-corrected chi connectivity index (χ2v) is 6.76. The molecule has 0 atom stereocenters. The van der Waals surface area contributed by atoms with E-state index in [1.54, 1.807) is 18.7 Å². The zero-order valence-electron chi connectivity index (χ0n) is 16.3. The van der Waals surface area contributed by atoms with Gasteiger partial charge in [-0.3, -0.25) is 4.79 Å². The van der Waals surface area contributed by atoms with Crippen LogP contribution in [-0.2, 0) is 4.74 Å². The topological polar surface area (TPSA) is 80.8 Å². The van der Waals surface area contributed by atoms with Crippen molar-refractivity contribution < 1.29 is 23.5 Å². The molecule has 3 rings (SSSR count). The number of aryl methyl sites for hydroxylation is 1. The van der Waals surface area contributed by atoms with E-state index in [1.807, 2.05) is 0 Å². The molecule has 1 aliphatic rings. The molecule has 2 heterocycles. The van der Waals surface area contributed by atoms with E-state index in [-0.39, 0.29) is 29.6 Å². The van der Waals surface area contributed by atoms with Crippen molar-refractivity contribution in [2.24, 2.45) is 0 Å². The summed E-state index contributed by atoms with van der Waals surface area (Å²) >= 11 is 0. The minimum absolute atomic E-state index is 0.0593. The van der Waals surface area contributed by atoms with Gasteiger partial charge in [0, 0.05) is 30.6 Å². The number of methoxy groups -OCH3 is 1. The third kappa shape index (κ3) is 4.16. The smallest absolute Gasteiger partial charge is 0.409 e. The summed E-state index contributed by atoms with van der Waals surface area (Å²) in [6.45, 7) is 4.90. The molecule has 1 N–H and O–H groups in total. The summed E-state index contributed by atoms with van der Waals surface area (Å²) in [7, 11) is 1.47. The Bertz CT molecular complexity index is 895. The van der Waals surface area contributed by atoms with E-state index >= 15 is 0 Å². The lowest BCUT2D eigenvalue weighted by Crippen LogP contribution is -2.46. The van der Waals surface area contributed by atoms with Crippen LogP contribution in [-0.4, -0.2) is 54.7 Å². The summed E-state index contributed by atoms with van der Waals surface area (Å²) in [5, 5.41) is 3.49. The standard InChI is InChI=1S/C20H24FN3O4/c1-4-28-20(26)24-7-5-14(6-8-24)22-19(25)16-11-17(27-3)15-10-13(21)9-12(2)18(15)23-16/h9-11,14H,4-8H2,1-3H3,(H,22,25). The summed E-state index contributed by atoms with van der Waals surface area (Å²) in [5.74, 6) is -0.302. The van der Waals surface area contributed by atoms with E-state index in [0.29, 0.717) is 54.8 Å². The number of pyridine rings is 1. The van der Waals surface area contributed by atoms with Gasteiger partial charge in [-0.2, -0.15) is 0 Å². The molecule has 2 aromatic rings. The van der Waals surface area contributed by atoms with Crippen molar-refractivity contribution >= 4 is 22.9 Å². The van der Waals surface area contributed by atoms with Gasteiger partial charge < -0.3 is 19.7 Å². The number of nitrogens with zero attached hydrogens (tertiary/aromatic N) is 2. The van der Waals surface area contributed by atoms with Crippen molar-refractivity contribution in [3.63, 3.8) is 0 Å². The lowest BCUT2D eigenvalue weighted by molar-refractivity contribution is 0.0856. The molecule has 0 radical (unpaired) electrons. The van der Waals surface area contributed by atoms with Crippen LogP contribution in [0.3, 0.4) is 0 Å². The van der Waals surface area contributed by atoms with E-state index in [0.717, 1.165) is 0 Å². The number of ether oxygens (including phenoxy) is 2. The van der Waals surface area contributed by atoms with E-state index < -0.39 is 0 Å². The minimum atomic E-state index is -0.379. The molecule has 0 saturated carbocycles. The fourth-order valence-electron chi connectivity index (χ4n) is 3.39. The molecule has 1 saturated heterocycles. The van der Waals surface area contributed by atoms with Crippen LogP contribution in [0.15, 0.2) is 18.2 Å². The quantitative estimate of drug-likeness (QED) is 0.869. The highest BCUT2D eigenvalue weighted by Gasteiger charge is 2.25. The van der Waals surface area contributed by atoms with Gasteiger partial charge in [-0.15, -0.1) is 0 Å². The molecule has 28 heavy (non-hydrogen) atoms. The molecule has 1 aromatic carbocycles. The van der Waals surface area contributed by atoms with Gasteiger partial charge in [0.2, 0.25) is 0 Å². The second kappa shape index (κ2) is 8.41. The maximum atomic E-state index is 13.7. The van der Waals surface area contributed by atoms with E-state index in [4.69, 9.17) is 9.47 Å². The number of carbonyl (C=O) groups excluding carboxylic acids is 2. The van der Waals surface area contributed by atoms with Crippen molar-refractivity contribution in [2.75, 3.05) is 26.8 Å². The van der Waals surface area contributed by atoms with Gasteiger partial charge in [-0.05, 0) is 44.4 Å². The number of halogens is 1. The molecular formula is C20H24FN3O4. The van der Waals surface area contributed by atoms with Crippen molar-refractivity contribution in [1.82, 2.24) is 15.2 Å². The molecule has 0 unspecified atom stereocenters. The van der Waals surface area contributed by atoms with Crippen molar-refractivity contribution in [3.05, 3.63) is 35.3 Å². The Labute approximate surface area is 162 Å². The first-order valence-corrected chi connectivity index (χ1v) is 9.30. The lowest BCUT2D eigenvalue weighted by atomic mass is 10.0. The third-order valence-corrected chi connectivity index (χ3v) is 4.84. The fraction of sp³-hybridized carbons (Fsp3) is 0.450. The van der Waals surface area contributed by atoms with Crippen LogP contribution in [0.4, 0.5) is 9.18 Å². The molecule has 1 aliphatic heterocycles. The summed E-state index contributed by atoms with van der Waals surface area (Å²) in [6, 6.07) is 4.18. The number of fused-ring (bicyclic) bond motifs is 1. The molecule has 7 nitrogen and oxygen atoms in total. The molecule has 1 aromatic heterocycles. The summed E-state index contributed by atoms with van der Waals surface area (Å²) in [6.07, 6.45) is 0.954. The van der Waals surface area contributed by atoms with E-state index in [2.05, 4.69) is 10.3 Å². The number of piperidine rings is 1. The molecular weight excluding hydrogens is 365 g/mol. The van der Waals surface area contributed by atoms with Crippen LogP contribution >= 0.6 is 0 Å². The van der Waals surface area contributed by atoms with Crippen LogP contribution < -0.4 is 10.1 Å². The van der Waals surface area contributed by atoms with Crippen molar-refractivity contribution in [2.45, 2.75) is 32.7 Å². The fourth-order valence-corrected chi connectivity index (χ4v) is 3.39. The molecule has 150 valence electrons. The molecule has 0 aliphatic carbocycles. The van der Waals surface area contributed by atoms with Gasteiger partial charge in [0.05, 0.1) is 19.2 Å². The lowest BCUT2D eigenvalue weighted by Gasteiger charge is -2.31. The highest BCUT2D eigenvalue weighted by molar-refractivity contribution is 5.98. The van der Waals surface area contributed by atoms with Crippen molar-refractivity contribution in [1.29, 1.82) is 0 Å². The minimum Gasteiger partial charge on any atom is -0.496 e. The number of carbonyl (C=O) groups is 2. The highest BCUT2D eigenvalue weighted by atomic mass is 19.1. The first-order valence-electron chi connectivity index (χ1n) is 9.30. The molecule has 8 heteroatoms. The molecule has 2 amide bonds. The monoisotopic (exact) mass is 389 g/mol. The first-order chi connectivity index (χ1) is 13.4. The van der Waals surface area contributed by atoms with Gasteiger partial charge >= 0.3 is 6.09 Å². The highest BCUT2D eigenvalue weighted by Crippen LogP contribution is 2.28. The molecule has 0 spiro atoms. The first kappa shape index (κ1) is 19.9. The van der Waals surface area contributed by atoms with E-state index in [9.17, 15) is 14.0 Å². The van der Waals surface area contributed by atoms with Gasteiger partial charge in [-0.25, -0.2) is 14.2 Å². The number of aromatic nitrogens is 1. The largest absolute Gasteiger partial charge is 0.496 e. The predicted octanol–water partition coefficient (Wildman–Crippen LogP) is 3.04. The zero-order valence-corrected chi connectivity index (χ0v) is 16.3. The Morgan fingerprint density at radius 1 is 1.29 bits per heavy atom. The van der Waals surface area contributed by atoms with Gasteiger partial charge in [0.15, 0.2) is 0 Å². The average molecular weight is 389 g/mol. The molecule has 0 bridgehead atoms. The predicted molar refractivity (Wildman–Crippen MR) is 102 cm³/mol. The average Bonchev–Trinajstić information content (AvgIpc) is 2.68. The Balaban J connectivity index is 1.73. The van der Waals surface area contributed by atoms with Gasteiger partial charge in [0.25, 0.3) is 5.91 Å². The summed E-state index contributed by atoms with van der Waals surface area (Å²) < 4.78 is 24.1. The Hall–Kier alpha value is -2.90. The zero-order chi connectivity index (χ0) is 20.3. The van der Waals surface area contributed by atoms with Crippen LogP contribution in [0.5, 0.6) is 5.75 Å². The molecule has 1 fully saturated rings. The normalized spacial score (nSPS) is 14.8. The number of hydrogen-bond donors (Lipinski definition) is 1. The van der Waals surface area contributed by atoms with Gasteiger partial charge in [0.1, 0.15) is 17.3 Å². The maximum absolute atomic E-state index is 13.7. The van der Waals surface area contributed by atoms with Crippen molar-refractivity contribution in [3.8, 4) is 5.75 Å². The number of amides is 2. The Morgan fingerprint density at radius 2 is 2.00 bits per heavy atom. The van der Waals surface area contributed by atoms with Crippen LogP contribution in [0.2, 0.25) is 0 Å². The van der Waals surface area contributed by atoms with Crippen LogP contribution in [0.1, 0.15) is 35.8 Å². The Morgan fingerprint density at radius 3 is 2.64 bits per heavy atom. The number of benzene rings is 1. The Kier molecular flexibility index (Phi) is 5.96. The SMILES string of the molecule is CCOC(=O)N1CCC(NC(=O)c2cc(OC)c3cc(F)cc(C)c3n2)CC1. The van der Waals surface area contributed by atoms with Crippen LogP contribution in [0, 0.1) is 12.7 Å². The third-order valence-electron chi connectivity index (χ3n) is 4.84. The summed E-state index contributed by atoms with van der Waals surface area (Å²) in [4.78, 5) is 30.5. The number of likely N-dealkylation sites (tertiary alicyclic amines) is 1.